The van der Waals surface area contributed by atoms with E-state index in [0.29, 0.717) is 43.1 Å². The van der Waals surface area contributed by atoms with Crippen LogP contribution in [0.1, 0.15) is 50.0 Å². The first-order valence-corrected chi connectivity index (χ1v) is 11.5. The third kappa shape index (κ3) is 4.68. The smallest absolute Gasteiger partial charge is 0.232 e. The van der Waals surface area contributed by atoms with Gasteiger partial charge in [-0.25, -0.2) is 0 Å². The van der Waals surface area contributed by atoms with E-state index in [-0.39, 0.29) is 17.7 Å². The molecule has 0 radical (unpaired) electrons. The van der Waals surface area contributed by atoms with Gasteiger partial charge in [0.25, 0.3) is 0 Å². The fourth-order valence-corrected chi connectivity index (χ4v) is 5.69. The molecule has 27 heavy (non-hydrogen) atoms. The Morgan fingerprint density at radius 3 is 2.30 bits per heavy atom. The largest absolute Gasteiger partial charge is 0.339 e. The topological polar surface area (TPSA) is 40.6 Å². The average Bonchev–Trinajstić information content (AvgIpc) is 3.54. The molecule has 146 valence electrons. The molecule has 0 N–H and O–H groups in total. The lowest BCUT2D eigenvalue weighted by Gasteiger charge is -2.35. The fraction of sp³-hybridized carbons (Fsp3) is 0.636. The van der Waals surface area contributed by atoms with Crippen molar-refractivity contribution in [1.29, 1.82) is 0 Å². The first kappa shape index (κ1) is 18.9. The zero-order chi connectivity index (χ0) is 18.6. The maximum absolute atomic E-state index is 12.8. The molecule has 1 saturated heterocycles. The highest BCUT2D eigenvalue weighted by atomic mass is 32.2. The van der Waals surface area contributed by atoms with E-state index in [1.807, 2.05) is 39.8 Å². The quantitative estimate of drug-likeness (QED) is 0.777. The number of carbonyl (C=O) groups is 2. The van der Waals surface area contributed by atoms with Gasteiger partial charge in [-0.05, 0) is 30.7 Å². The number of piperazine rings is 1. The Morgan fingerprint density at radius 2 is 1.59 bits per heavy atom. The number of hydrogen-bond donors (Lipinski definition) is 0. The third-order valence-corrected chi connectivity index (χ3v) is 7.63. The SMILES string of the molecule is O=C(CSC1CCCCC1)N1CCN(C(=O)[C@@H]2C[C@H]2c2ccccc2)CC1. The standard InChI is InChI=1S/C22H30N2O2S/c25-21(16-27-18-9-5-2-6-10-18)23-11-13-24(14-12-23)22(26)20-15-19(20)17-7-3-1-4-8-17/h1,3-4,7-8,18-20H,2,5-6,9-16H2/t19-,20+/m0/s1. The Morgan fingerprint density at radius 1 is 0.926 bits per heavy atom. The predicted molar refractivity (Wildman–Crippen MR) is 110 cm³/mol. The maximum Gasteiger partial charge on any atom is 0.232 e. The Kier molecular flexibility index (Phi) is 6.06. The van der Waals surface area contributed by atoms with Crippen LogP contribution in [0.25, 0.3) is 0 Å². The molecule has 2 saturated carbocycles. The van der Waals surface area contributed by atoms with Crippen LogP contribution in [0, 0.1) is 5.92 Å². The number of amides is 2. The van der Waals surface area contributed by atoms with E-state index in [0.717, 1.165) is 6.42 Å². The van der Waals surface area contributed by atoms with E-state index in [9.17, 15) is 9.59 Å². The Balaban J connectivity index is 1.20. The summed E-state index contributed by atoms with van der Waals surface area (Å²) in [7, 11) is 0. The van der Waals surface area contributed by atoms with Crippen molar-refractivity contribution in [2.75, 3.05) is 31.9 Å². The molecular formula is C22H30N2O2S. The molecular weight excluding hydrogens is 356 g/mol. The Labute approximate surface area is 166 Å². The van der Waals surface area contributed by atoms with E-state index in [1.165, 1.54) is 37.7 Å². The molecule has 2 aliphatic carbocycles. The van der Waals surface area contributed by atoms with Crippen LogP contribution in [0.4, 0.5) is 0 Å². The van der Waals surface area contributed by atoms with E-state index in [4.69, 9.17) is 0 Å². The van der Waals surface area contributed by atoms with E-state index >= 15 is 0 Å². The fourth-order valence-electron chi connectivity index (χ4n) is 4.46. The highest BCUT2D eigenvalue weighted by Gasteiger charge is 2.46. The van der Waals surface area contributed by atoms with Crippen LogP contribution >= 0.6 is 11.8 Å². The molecule has 0 aromatic heterocycles. The lowest BCUT2D eigenvalue weighted by atomic mass is 10.0. The van der Waals surface area contributed by atoms with Crippen LogP contribution in [0.15, 0.2) is 30.3 Å². The summed E-state index contributed by atoms with van der Waals surface area (Å²) in [6.45, 7) is 2.77. The molecule has 4 nitrogen and oxygen atoms in total. The van der Waals surface area contributed by atoms with Crippen LogP contribution in [-0.4, -0.2) is 58.8 Å². The van der Waals surface area contributed by atoms with Crippen molar-refractivity contribution in [2.24, 2.45) is 5.92 Å². The number of carbonyl (C=O) groups excluding carboxylic acids is 2. The summed E-state index contributed by atoms with van der Waals surface area (Å²) in [5, 5.41) is 0.676. The summed E-state index contributed by atoms with van der Waals surface area (Å²) in [6.07, 6.45) is 7.50. The maximum atomic E-state index is 12.8. The summed E-state index contributed by atoms with van der Waals surface area (Å²) >= 11 is 1.85. The molecule has 0 unspecified atom stereocenters. The lowest BCUT2D eigenvalue weighted by molar-refractivity contribution is -0.139. The van der Waals surface area contributed by atoms with Crippen molar-refractivity contribution >= 4 is 23.6 Å². The predicted octanol–water partition coefficient (Wildman–Crippen LogP) is 3.53. The average molecular weight is 387 g/mol. The minimum atomic E-state index is 0.150. The zero-order valence-corrected chi connectivity index (χ0v) is 16.8. The number of rotatable bonds is 5. The molecule has 1 aromatic rings. The summed E-state index contributed by atoms with van der Waals surface area (Å²) in [6, 6.07) is 10.4. The molecule has 0 bridgehead atoms. The van der Waals surface area contributed by atoms with Crippen molar-refractivity contribution in [2.45, 2.75) is 49.7 Å². The molecule has 0 spiro atoms. The second kappa shape index (κ2) is 8.68. The van der Waals surface area contributed by atoms with Gasteiger partial charge in [-0.15, -0.1) is 11.8 Å². The van der Waals surface area contributed by atoms with Gasteiger partial charge >= 0.3 is 0 Å². The number of benzene rings is 1. The van der Waals surface area contributed by atoms with Crippen LogP contribution in [-0.2, 0) is 9.59 Å². The summed E-state index contributed by atoms with van der Waals surface area (Å²) in [4.78, 5) is 29.2. The Bertz CT molecular complexity index is 652. The molecule has 5 heteroatoms. The molecule has 2 atom stereocenters. The van der Waals surface area contributed by atoms with E-state index in [2.05, 4.69) is 12.1 Å². The van der Waals surface area contributed by atoms with Crippen molar-refractivity contribution in [3.63, 3.8) is 0 Å². The zero-order valence-electron chi connectivity index (χ0n) is 16.0. The minimum Gasteiger partial charge on any atom is -0.339 e. The van der Waals surface area contributed by atoms with E-state index < -0.39 is 0 Å². The molecule has 4 rings (SSSR count). The molecule has 1 aromatic carbocycles. The van der Waals surface area contributed by atoms with Crippen molar-refractivity contribution in [1.82, 2.24) is 9.80 Å². The van der Waals surface area contributed by atoms with Gasteiger partial charge in [0, 0.05) is 37.3 Å². The van der Waals surface area contributed by atoms with Crippen LogP contribution < -0.4 is 0 Å². The summed E-state index contributed by atoms with van der Waals surface area (Å²) in [5.74, 6) is 1.69. The lowest BCUT2D eigenvalue weighted by Crippen LogP contribution is -2.51. The summed E-state index contributed by atoms with van der Waals surface area (Å²) < 4.78 is 0. The van der Waals surface area contributed by atoms with Crippen molar-refractivity contribution in [3.8, 4) is 0 Å². The molecule has 1 heterocycles. The van der Waals surface area contributed by atoms with Gasteiger partial charge in [0.15, 0.2) is 0 Å². The van der Waals surface area contributed by atoms with Gasteiger partial charge in [-0.3, -0.25) is 9.59 Å². The molecule has 1 aliphatic heterocycles. The summed E-state index contributed by atoms with van der Waals surface area (Å²) in [5.41, 5.74) is 1.28. The molecule has 3 fully saturated rings. The Hall–Kier alpha value is -1.49. The van der Waals surface area contributed by atoms with Gasteiger partial charge in [-0.2, -0.15) is 0 Å². The monoisotopic (exact) mass is 386 g/mol. The normalized spacial score (nSPS) is 26.1. The number of thioether (sulfide) groups is 1. The molecule has 3 aliphatic rings. The number of nitrogens with zero attached hydrogens (tertiary/aromatic N) is 2. The number of hydrogen-bond acceptors (Lipinski definition) is 3. The van der Waals surface area contributed by atoms with Crippen molar-refractivity contribution < 1.29 is 9.59 Å². The third-order valence-electron chi connectivity index (χ3n) is 6.27. The van der Waals surface area contributed by atoms with Crippen LogP contribution in [0.2, 0.25) is 0 Å². The van der Waals surface area contributed by atoms with Gasteiger partial charge in [0.2, 0.25) is 11.8 Å². The van der Waals surface area contributed by atoms with Gasteiger partial charge in [-0.1, -0.05) is 49.6 Å². The van der Waals surface area contributed by atoms with Gasteiger partial charge in [0.05, 0.1) is 5.75 Å². The van der Waals surface area contributed by atoms with E-state index in [1.54, 1.807) is 0 Å². The second-order valence-corrected chi connectivity index (χ2v) is 9.43. The van der Waals surface area contributed by atoms with Gasteiger partial charge < -0.3 is 9.80 Å². The molecule has 2 amide bonds. The van der Waals surface area contributed by atoms with Gasteiger partial charge in [0.1, 0.15) is 0 Å². The highest BCUT2D eigenvalue weighted by Crippen LogP contribution is 2.48. The second-order valence-electron chi connectivity index (χ2n) is 8.14. The first-order chi connectivity index (χ1) is 13.2. The first-order valence-electron chi connectivity index (χ1n) is 10.5. The highest BCUT2D eigenvalue weighted by molar-refractivity contribution is 8.00. The van der Waals surface area contributed by atoms with Crippen LogP contribution in [0.5, 0.6) is 0 Å². The van der Waals surface area contributed by atoms with Crippen molar-refractivity contribution in [3.05, 3.63) is 35.9 Å². The van der Waals surface area contributed by atoms with Crippen LogP contribution in [0.3, 0.4) is 0 Å². The minimum absolute atomic E-state index is 0.150.